The van der Waals surface area contributed by atoms with Crippen molar-refractivity contribution < 1.29 is 4.39 Å². The van der Waals surface area contributed by atoms with Crippen LogP contribution < -0.4 is 0 Å². The van der Waals surface area contributed by atoms with Crippen molar-refractivity contribution in [3.05, 3.63) is 47.3 Å². The number of hydrogen-bond donors (Lipinski definition) is 0. The number of rotatable bonds is 6. The van der Waals surface area contributed by atoms with E-state index in [1.807, 2.05) is 12.1 Å². The largest absolute Gasteiger partial charge is 0.206 e. The van der Waals surface area contributed by atoms with E-state index in [-0.39, 0.29) is 5.82 Å². The van der Waals surface area contributed by atoms with Gasteiger partial charge in [-0.1, -0.05) is 63.5 Å². The maximum atomic E-state index is 14.0. The van der Waals surface area contributed by atoms with Gasteiger partial charge < -0.3 is 0 Å². The van der Waals surface area contributed by atoms with Gasteiger partial charge in [0, 0.05) is 0 Å². The summed E-state index contributed by atoms with van der Waals surface area (Å²) in [5, 5.41) is 0. The third-order valence-corrected chi connectivity index (χ3v) is 5.09. The first-order chi connectivity index (χ1) is 11.7. The minimum absolute atomic E-state index is 0.196. The molecule has 0 radical (unpaired) electrons. The molecule has 0 heterocycles. The smallest absolute Gasteiger partial charge is 0.139 e. The molecule has 1 aliphatic rings. The summed E-state index contributed by atoms with van der Waals surface area (Å²) in [4.78, 5) is 0. The lowest BCUT2D eigenvalue weighted by atomic mass is 9.80. The molecule has 0 unspecified atom stereocenters. The van der Waals surface area contributed by atoms with E-state index in [1.165, 1.54) is 44.9 Å². The minimum Gasteiger partial charge on any atom is -0.206 e. The maximum absolute atomic E-state index is 14.0. The van der Waals surface area contributed by atoms with Crippen LogP contribution >= 0.6 is 0 Å². The first kappa shape index (κ1) is 18.8. The van der Waals surface area contributed by atoms with Gasteiger partial charge in [0.25, 0.3) is 0 Å². The summed E-state index contributed by atoms with van der Waals surface area (Å²) in [5.74, 6) is 7.37. The summed E-state index contributed by atoms with van der Waals surface area (Å²) in [5.41, 5.74) is 1.55. The van der Waals surface area contributed by atoms with E-state index in [4.69, 9.17) is 0 Å². The quantitative estimate of drug-likeness (QED) is 0.511. The van der Waals surface area contributed by atoms with Crippen LogP contribution in [0.1, 0.15) is 76.3 Å². The molecule has 0 atom stereocenters. The summed E-state index contributed by atoms with van der Waals surface area (Å²) >= 11 is 0. The second-order valence-electron chi connectivity index (χ2n) is 7.12. The van der Waals surface area contributed by atoms with Crippen LogP contribution in [0.2, 0.25) is 0 Å². The second kappa shape index (κ2) is 10.3. The van der Waals surface area contributed by atoms with Crippen molar-refractivity contribution >= 4 is 0 Å². The van der Waals surface area contributed by atoms with Crippen LogP contribution in [0, 0.1) is 29.5 Å². The Kier molecular flexibility index (Phi) is 8.10. The fourth-order valence-electron chi connectivity index (χ4n) is 3.57. The Morgan fingerprint density at radius 3 is 2.58 bits per heavy atom. The van der Waals surface area contributed by atoms with Gasteiger partial charge in [-0.15, -0.1) is 0 Å². The van der Waals surface area contributed by atoms with Crippen molar-refractivity contribution in [3.63, 3.8) is 0 Å². The Morgan fingerprint density at radius 2 is 1.92 bits per heavy atom. The molecule has 24 heavy (non-hydrogen) atoms. The van der Waals surface area contributed by atoms with Crippen LogP contribution in [0.25, 0.3) is 0 Å². The number of halogens is 1. The zero-order valence-corrected chi connectivity index (χ0v) is 15.3. The van der Waals surface area contributed by atoms with E-state index in [0.29, 0.717) is 11.5 Å². The van der Waals surface area contributed by atoms with Gasteiger partial charge in [-0.25, -0.2) is 4.39 Å². The molecule has 0 saturated heterocycles. The summed E-state index contributed by atoms with van der Waals surface area (Å²) in [6.45, 7) is 4.38. The normalized spacial score (nSPS) is 20.8. The molecule has 1 aromatic carbocycles. The van der Waals surface area contributed by atoms with Gasteiger partial charge in [0.1, 0.15) is 5.82 Å². The highest BCUT2D eigenvalue weighted by Crippen LogP contribution is 2.32. The summed E-state index contributed by atoms with van der Waals surface area (Å²) in [7, 11) is 0. The molecule has 0 nitrogen and oxygen atoms in total. The summed E-state index contributed by atoms with van der Waals surface area (Å²) in [6, 6.07) is 5.41. The van der Waals surface area contributed by atoms with Gasteiger partial charge in [-0.2, -0.15) is 0 Å². The van der Waals surface area contributed by atoms with Crippen LogP contribution in [-0.2, 0) is 6.42 Å². The second-order valence-corrected chi connectivity index (χ2v) is 7.12. The highest BCUT2D eigenvalue weighted by molar-refractivity contribution is 5.39. The lowest BCUT2D eigenvalue weighted by Crippen LogP contribution is -2.12. The first-order valence-electron chi connectivity index (χ1n) is 9.69. The zero-order valence-electron chi connectivity index (χ0n) is 15.3. The lowest BCUT2D eigenvalue weighted by Gasteiger charge is -2.26. The molecule has 0 spiro atoms. The fraction of sp³-hybridized carbons (Fsp3) is 0.565. The molecule has 0 aromatic heterocycles. The van der Waals surface area contributed by atoms with Gasteiger partial charge >= 0.3 is 0 Å². The number of benzene rings is 1. The Labute approximate surface area is 147 Å². The number of unbranched alkanes of at least 4 members (excludes halogenated alkanes) is 1. The summed E-state index contributed by atoms with van der Waals surface area (Å²) in [6.07, 6.45) is 15.5. The van der Waals surface area contributed by atoms with Crippen LogP contribution in [0.5, 0.6) is 0 Å². The van der Waals surface area contributed by atoms with Gasteiger partial charge in [0.15, 0.2) is 0 Å². The first-order valence-corrected chi connectivity index (χ1v) is 9.69. The average molecular weight is 326 g/mol. The molecule has 1 aliphatic carbocycles. The Morgan fingerprint density at radius 1 is 1.12 bits per heavy atom. The Hall–Kier alpha value is -1.55. The van der Waals surface area contributed by atoms with Crippen LogP contribution in [0.15, 0.2) is 30.4 Å². The highest BCUT2D eigenvalue weighted by Gasteiger charge is 2.18. The molecular weight excluding hydrogens is 295 g/mol. The van der Waals surface area contributed by atoms with E-state index in [2.05, 4.69) is 31.8 Å². The molecular formula is C23H31F. The molecule has 130 valence electrons. The molecule has 0 bridgehead atoms. The Balaban J connectivity index is 1.82. The molecule has 1 fully saturated rings. The standard InChI is InChI=1S/C23H31F/c1-3-5-9-19-12-14-20(15-13-19)10-6-7-11-22-17-16-21(8-4-2)18-23(22)24/h6,10,16-20H,3-5,8-9,12-15H2,1-2H3/b10-6+. The molecule has 0 aliphatic heterocycles. The van der Waals surface area contributed by atoms with E-state index < -0.39 is 0 Å². The monoisotopic (exact) mass is 326 g/mol. The van der Waals surface area contributed by atoms with Gasteiger partial charge in [-0.05, 0) is 67.7 Å². The molecule has 1 saturated carbocycles. The molecule has 1 heteroatoms. The van der Waals surface area contributed by atoms with E-state index in [9.17, 15) is 4.39 Å². The minimum atomic E-state index is -0.196. The average Bonchev–Trinajstić information content (AvgIpc) is 2.60. The van der Waals surface area contributed by atoms with Crippen molar-refractivity contribution in [1.29, 1.82) is 0 Å². The van der Waals surface area contributed by atoms with Gasteiger partial charge in [-0.3, -0.25) is 0 Å². The van der Waals surface area contributed by atoms with E-state index >= 15 is 0 Å². The van der Waals surface area contributed by atoms with Gasteiger partial charge in [0.05, 0.1) is 5.56 Å². The van der Waals surface area contributed by atoms with E-state index in [1.54, 1.807) is 12.1 Å². The third kappa shape index (κ3) is 6.16. The molecule has 1 aromatic rings. The maximum Gasteiger partial charge on any atom is 0.139 e. The lowest BCUT2D eigenvalue weighted by molar-refractivity contribution is 0.291. The molecule has 0 N–H and O–H groups in total. The third-order valence-electron chi connectivity index (χ3n) is 5.09. The van der Waals surface area contributed by atoms with Crippen molar-refractivity contribution in [2.45, 2.75) is 71.6 Å². The molecule has 0 amide bonds. The Bertz CT molecular complexity index is 580. The van der Waals surface area contributed by atoms with Crippen molar-refractivity contribution in [1.82, 2.24) is 0 Å². The fourth-order valence-corrected chi connectivity index (χ4v) is 3.57. The van der Waals surface area contributed by atoms with Crippen molar-refractivity contribution in [3.8, 4) is 11.8 Å². The van der Waals surface area contributed by atoms with Crippen LogP contribution in [0.4, 0.5) is 4.39 Å². The highest BCUT2D eigenvalue weighted by atomic mass is 19.1. The number of hydrogen-bond acceptors (Lipinski definition) is 0. The van der Waals surface area contributed by atoms with Gasteiger partial charge in [0.2, 0.25) is 0 Å². The predicted molar refractivity (Wildman–Crippen MR) is 101 cm³/mol. The topological polar surface area (TPSA) is 0 Å². The van der Waals surface area contributed by atoms with E-state index in [0.717, 1.165) is 24.3 Å². The number of aryl methyl sites for hydroxylation is 1. The summed E-state index contributed by atoms with van der Waals surface area (Å²) < 4.78 is 14.0. The molecule has 2 rings (SSSR count). The van der Waals surface area contributed by atoms with Crippen molar-refractivity contribution in [2.24, 2.45) is 11.8 Å². The predicted octanol–water partition coefficient (Wildman–Crippen LogP) is 6.68. The number of allylic oxidation sites excluding steroid dienone is 2. The zero-order chi connectivity index (χ0) is 17.2. The van der Waals surface area contributed by atoms with Crippen molar-refractivity contribution in [2.75, 3.05) is 0 Å². The van der Waals surface area contributed by atoms with Crippen LogP contribution in [0.3, 0.4) is 0 Å². The SMILES string of the molecule is CCCCC1CCC(/C=C/C#Cc2ccc(CCC)cc2F)CC1. The van der Waals surface area contributed by atoms with Crippen LogP contribution in [-0.4, -0.2) is 0 Å².